The third-order valence-corrected chi connectivity index (χ3v) is 5.80. The molecule has 1 aromatic heterocycles. The fourth-order valence-electron chi connectivity index (χ4n) is 4.22. The second kappa shape index (κ2) is 6.47. The molecule has 4 rings (SSSR count). The molecule has 0 unspecified atom stereocenters. The highest BCUT2D eigenvalue weighted by Gasteiger charge is 2.35. The van der Waals surface area contributed by atoms with Gasteiger partial charge in [0.05, 0.1) is 12.1 Å². The lowest BCUT2D eigenvalue weighted by atomic mass is 9.82. The Labute approximate surface area is 157 Å². The Kier molecular flexibility index (Phi) is 4.27. The highest BCUT2D eigenvalue weighted by atomic mass is 35.5. The van der Waals surface area contributed by atoms with Crippen LogP contribution in [0.4, 0.5) is 0 Å². The SMILES string of the molecule is COc1cc(-c2cc3n(c(=O)c2)C[C@H]2C[C@@H]3CN(C(C)=O)C2)ccc1Cl. The van der Waals surface area contributed by atoms with E-state index < -0.39 is 0 Å². The Hall–Kier alpha value is -2.27. The lowest BCUT2D eigenvalue weighted by molar-refractivity contribution is -0.131. The summed E-state index contributed by atoms with van der Waals surface area (Å²) in [5.74, 6) is 1.24. The maximum absolute atomic E-state index is 12.8. The Morgan fingerprint density at radius 2 is 1.96 bits per heavy atom. The van der Waals surface area contributed by atoms with Crippen molar-refractivity contribution in [3.8, 4) is 16.9 Å². The lowest BCUT2D eigenvalue weighted by Gasteiger charge is -2.42. The van der Waals surface area contributed by atoms with E-state index in [0.717, 1.165) is 29.8 Å². The van der Waals surface area contributed by atoms with Crippen LogP contribution in [0.3, 0.4) is 0 Å². The average molecular weight is 373 g/mol. The molecule has 0 N–H and O–H groups in total. The number of pyridine rings is 1. The van der Waals surface area contributed by atoms with E-state index in [1.807, 2.05) is 21.6 Å². The molecule has 136 valence electrons. The van der Waals surface area contributed by atoms with Crippen molar-refractivity contribution >= 4 is 17.5 Å². The maximum Gasteiger partial charge on any atom is 0.251 e. The number of likely N-dealkylation sites (tertiary alicyclic amines) is 1. The third-order valence-electron chi connectivity index (χ3n) is 5.49. The Morgan fingerprint density at radius 1 is 1.15 bits per heavy atom. The number of piperidine rings is 1. The van der Waals surface area contributed by atoms with Crippen LogP contribution >= 0.6 is 11.6 Å². The van der Waals surface area contributed by atoms with Crippen molar-refractivity contribution in [3.05, 3.63) is 51.4 Å². The summed E-state index contributed by atoms with van der Waals surface area (Å²) < 4.78 is 7.18. The number of carbonyl (C=O) groups is 1. The number of halogens is 1. The zero-order valence-electron chi connectivity index (χ0n) is 14.9. The number of rotatable bonds is 2. The number of ether oxygens (including phenoxy) is 1. The molecular formula is C20H21ClN2O3. The van der Waals surface area contributed by atoms with E-state index in [1.165, 1.54) is 0 Å². The number of hydrogen-bond acceptors (Lipinski definition) is 3. The molecule has 6 heteroatoms. The molecule has 2 aliphatic rings. The van der Waals surface area contributed by atoms with E-state index in [1.54, 1.807) is 26.2 Å². The predicted octanol–water partition coefficient (Wildman–Crippen LogP) is 3.14. The van der Waals surface area contributed by atoms with Gasteiger partial charge in [-0.1, -0.05) is 17.7 Å². The summed E-state index contributed by atoms with van der Waals surface area (Å²) in [6.45, 7) is 3.72. The molecule has 1 saturated heterocycles. The topological polar surface area (TPSA) is 51.5 Å². The molecule has 2 atom stereocenters. The van der Waals surface area contributed by atoms with Crippen LogP contribution in [0.2, 0.25) is 5.02 Å². The van der Waals surface area contributed by atoms with Crippen LogP contribution in [0.1, 0.15) is 25.0 Å². The molecule has 1 fully saturated rings. The van der Waals surface area contributed by atoms with Gasteiger partial charge in [0, 0.05) is 44.2 Å². The van der Waals surface area contributed by atoms with E-state index in [2.05, 4.69) is 6.07 Å². The first kappa shape index (κ1) is 17.2. The molecule has 1 aromatic carbocycles. The fourth-order valence-corrected chi connectivity index (χ4v) is 4.42. The van der Waals surface area contributed by atoms with Crippen LogP contribution in [-0.2, 0) is 11.3 Å². The van der Waals surface area contributed by atoms with Gasteiger partial charge in [-0.05, 0) is 41.7 Å². The van der Waals surface area contributed by atoms with Crippen molar-refractivity contribution < 1.29 is 9.53 Å². The molecule has 2 aliphatic heterocycles. The number of nitrogens with zero attached hydrogens (tertiary/aromatic N) is 2. The molecule has 0 spiro atoms. The van der Waals surface area contributed by atoms with Crippen LogP contribution in [0, 0.1) is 5.92 Å². The summed E-state index contributed by atoms with van der Waals surface area (Å²) >= 11 is 6.12. The summed E-state index contributed by atoms with van der Waals surface area (Å²) in [5, 5.41) is 0.540. The van der Waals surface area contributed by atoms with Crippen molar-refractivity contribution in [2.75, 3.05) is 20.2 Å². The fraction of sp³-hybridized carbons (Fsp3) is 0.400. The van der Waals surface area contributed by atoms with Gasteiger partial charge in [0.2, 0.25) is 5.91 Å². The first-order valence-corrected chi connectivity index (χ1v) is 9.18. The van der Waals surface area contributed by atoms with Gasteiger partial charge in [-0.2, -0.15) is 0 Å². The number of methoxy groups -OCH3 is 1. The lowest BCUT2D eigenvalue weighted by Crippen LogP contribution is -2.48. The Balaban J connectivity index is 1.78. The second-order valence-electron chi connectivity index (χ2n) is 7.19. The molecule has 2 bridgehead atoms. The van der Waals surface area contributed by atoms with Gasteiger partial charge in [0.25, 0.3) is 5.56 Å². The number of benzene rings is 1. The Bertz CT molecular complexity index is 937. The van der Waals surface area contributed by atoms with Gasteiger partial charge in [0.15, 0.2) is 0 Å². The summed E-state index contributed by atoms with van der Waals surface area (Å²) in [6, 6.07) is 9.28. The summed E-state index contributed by atoms with van der Waals surface area (Å²) in [6.07, 6.45) is 1.02. The standard InChI is InChI=1S/C20H21ClN2O3/c1-12(24)22-9-13-5-16(11-22)18-6-15(8-20(25)23(18)10-13)14-3-4-17(21)19(7-14)26-2/h3-4,6-8,13,16H,5,9-11H2,1-2H3/t13-,16+/m0/s1. The quantitative estimate of drug-likeness (QED) is 0.813. The molecule has 0 aliphatic carbocycles. The monoisotopic (exact) mass is 372 g/mol. The average Bonchev–Trinajstić information content (AvgIpc) is 2.62. The third kappa shape index (κ3) is 2.90. The molecule has 0 saturated carbocycles. The van der Waals surface area contributed by atoms with Crippen LogP contribution in [0.15, 0.2) is 35.1 Å². The highest BCUT2D eigenvalue weighted by Crippen LogP contribution is 2.37. The highest BCUT2D eigenvalue weighted by molar-refractivity contribution is 6.32. The summed E-state index contributed by atoms with van der Waals surface area (Å²) in [5.41, 5.74) is 2.78. The van der Waals surface area contributed by atoms with Crippen molar-refractivity contribution in [1.29, 1.82) is 0 Å². The number of amides is 1. The Morgan fingerprint density at radius 3 is 2.69 bits per heavy atom. The molecule has 2 aromatic rings. The van der Waals surface area contributed by atoms with E-state index in [-0.39, 0.29) is 17.4 Å². The minimum atomic E-state index is 0.0115. The van der Waals surface area contributed by atoms with E-state index >= 15 is 0 Å². The van der Waals surface area contributed by atoms with Crippen LogP contribution in [0.5, 0.6) is 5.75 Å². The van der Waals surface area contributed by atoms with Crippen LogP contribution < -0.4 is 10.3 Å². The van der Waals surface area contributed by atoms with Gasteiger partial charge in [-0.25, -0.2) is 0 Å². The molecule has 26 heavy (non-hydrogen) atoms. The van der Waals surface area contributed by atoms with Crippen molar-refractivity contribution in [2.24, 2.45) is 5.92 Å². The minimum Gasteiger partial charge on any atom is -0.495 e. The normalized spacial score (nSPS) is 21.3. The van der Waals surface area contributed by atoms with Gasteiger partial charge < -0.3 is 14.2 Å². The van der Waals surface area contributed by atoms with Gasteiger partial charge in [-0.15, -0.1) is 0 Å². The molecule has 5 nitrogen and oxygen atoms in total. The smallest absolute Gasteiger partial charge is 0.251 e. The zero-order valence-corrected chi connectivity index (χ0v) is 15.6. The summed E-state index contributed by atoms with van der Waals surface area (Å²) in [4.78, 5) is 26.5. The zero-order chi connectivity index (χ0) is 18.4. The van der Waals surface area contributed by atoms with Crippen molar-refractivity contribution in [2.45, 2.75) is 25.8 Å². The molecule has 0 radical (unpaired) electrons. The largest absolute Gasteiger partial charge is 0.495 e. The number of hydrogen-bond donors (Lipinski definition) is 0. The summed E-state index contributed by atoms with van der Waals surface area (Å²) in [7, 11) is 1.57. The number of fused-ring (bicyclic) bond motifs is 4. The van der Waals surface area contributed by atoms with E-state index in [9.17, 15) is 9.59 Å². The number of carbonyl (C=O) groups excluding carboxylic acids is 1. The first-order valence-electron chi connectivity index (χ1n) is 8.80. The number of aromatic nitrogens is 1. The molecular weight excluding hydrogens is 352 g/mol. The minimum absolute atomic E-state index is 0.0115. The van der Waals surface area contributed by atoms with Gasteiger partial charge in [0.1, 0.15) is 5.75 Å². The second-order valence-corrected chi connectivity index (χ2v) is 7.60. The predicted molar refractivity (Wildman–Crippen MR) is 101 cm³/mol. The molecule has 3 heterocycles. The van der Waals surface area contributed by atoms with Gasteiger partial charge in [-0.3, -0.25) is 9.59 Å². The van der Waals surface area contributed by atoms with E-state index in [0.29, 0.717) is 29.8 Å². The first-order chi connectivity index (χ1) is 12.5. The van der Waals surface area contributed by atoms with Crippen molar-refractivity contribution in [3.63, 3.8) is 0 Å². The van der Waals surface area contributed by atoms with E-state index in [4.69, 9.17) is 16.3 Å². The van der Waals surface area contributed by atoms with Gasteiger partial charge >= 0.3 is 0 Å². The van der Waals surface area contributed by atoms with Crippen LogP contribution in [-0.4, -0.2) is 35.6 Å². The van der Waals surface area contributed by atoms with Crippen molar-refractivity contribution in [1.82, 2.24) is 9.47 Å². The van der Waals surface area contributed by atoms with Crippen LogP contribution in [0.25, 0.3) is 11.1 Å². The molecule has 1 amide bonds. The maximum atomic E-state index is 12.8.